The van der Waals surface area contributed by atoms with Crippen molar-refractivity contribution < 1.29 is 8.42 Å². The second-order valence-electron chi connectivity index (χ2n) is 4.99. The molecule has 0 fully saturated rings. The minimum atomic E-state index is -3.48. The van der Waals surface area contributed by atoms with Crippen molar-refractivity contribution in [3.8, 4) is 0 Å². The Hall–Kier alpha value is -1.91. The van der Waals surface area contributed by atoms with Gasteiger partial charge in [0.2, 0.25) is 10.0 Å². The first-order chi connectivity index (χ1) is 9.97. The molecule has 2 rings (SSSR count). The predicted octanol–water partition coefficient (Wildman–Crippen LogP) is 3.38. The van der Waals surface area contributed by atoms with Crippen molar-refractivity contribution in [1.29, 1.82) is 0 Å². The quantitative estimate of drug-likeness (QED) is 0.920. The maximum atomic E-state index is 12.2. The fourth-order valence-electron chi connectivity index (χ4n) is 1.89. The molecule has 0 aliphatic carbocycles. The molecule has 0 aromatic heterocycles. The molecule has 2 aromatic carbocycles. The van der Waals surface area contributed by atoms with Gasteiger partial charge in [0, 0.05) is 6.04 Å². The number of hydrogen-bond acceptors (Lipinski definition) is 2. The average Bonchev–Trinajstić information content (AvgIpc) is 2.46. The zero-order valence-electron chi connectivity index (χ0n) is 12.2. The van der Waals surface area contributed by atoms with Crippen molar-refractivity contribution in [1.82, 2.24) is 4.72 Å². The molecule has 3 nitrogen and oxygen atoms in total. The van der Waals surface area contributed by atoms with E-state index >= 15 is 0 Å². The molecule has 0 saturated carbocycles. The third kappa shape index (κ3) is 4.55. The average molecular weight is 301 g/mol. The Morgan fingerprint density at radius 3 is 2.24 bits per heavy atom. The molecule has 21 heavy (non-hydrogen) atoms. The Kier molecular flexibility index (Phi) is 4.94. The highest BCUT2D eigenvalue weighted by Gasteiger charge is 2.15. The van der Waals surface area contributed by atoms with Crippen LogP contribution in [-0.4, -0.2) is 14.5 Å². The van der Waals surface area contributed by atoms with E-state index in [2.05, 4.69) is 4.72 Å². The van der Waals surface area contributed by atoms with Gasteiger partial charge in [-0.15, -0.1) is 0 Å². The van der Waals surface area contributed by atoms with Crippen molar-refractivity contribution in [2.24, 2.45) is 0 Å². The normalized spacial score (nSPS) is 13.4. The van der Waals surface area contributed by atoms with E-state index in [0.717, 1.165) is 11.1 Å². The topological polar surface area (TPSA) is 46.2 Å². The molecule has 0 saturated heterocycles. The summed E-state index contributed by atoms with van der Waals surface area (Å²) in [6.07, 6.45) is 3.74. The maximum absolute atomic E-state index is 12.2. The van der Waals surface area contributed by atoms with E-state index in [1.807, 2.05) is 56.3 Å². The van der Waals surface area contributed by atoms with Crippen molar-refractivity contribution in [3.63, 3.8) is 0 Å². The predicted molar refractivity (Wildman–Crippen MR) is 86.4 cm³/mol. The zero-order chi connectivity index (χ0) is 15.3. The molecule has 0 radical (unpaired) electrons. The first-order valence-electron chi connectivity index (χ1n) is 6.79. The maximum Gasteiger partial charge on any atom is 0.241 e. The second-order valence-corrected chi connectivity index (χ2v) is 6.71. The van der Waals surface area contributed by atoms with E-state index in [-0.39, 0.29) is 10.9 Å². The monoisotopic (exact) mass is 301 g/mol. The van der Waals surface area contributed by atoms with E-state index in [1.54, 1.807) is 24.3 Å². The largest absolute Gasteiger partial charge is 0.241 e. The van der Waals surface area contributed by atoms with Crippen LogP contribution in [-0.2, 0) is 10.0 Å². The van der Waals surface area contributed by atoms with Crippen molar-refractivity contribution in [3.05, 3.63) is 71.8 Å². The number of sulfonamides is 1. The lowest BCUT2D eigenvalue weighted by atomic mass is 10.2. The van der Waals surface area contributed by atoms with E-state index in [4.69, 9.17) is 0 Å². The van der Waals surface area contributed by atoms with Crippen molar-refractivity contribution >= 4 is 16.1 Å². The molecule has 2 aromatic rings. The van der Waals surface area contributed by atoms with Gasteiger partial charge >= 0.3 is 0 Å². The number of benzene rings is 2. The molecule has 1 unspecified atom stereocenters. The third-order valence-corrected chi connectivity index (χ3v) is 4.62. The third-order valence-electron chi connectivity index (χ3n) is 3.05. The summed E-state index contributed by atoms with van der Waals surface area (Å²) in [6.45, 7) is 3.74. The van der Waals surface area contributed by atoms with Crippen LogP contribution in [0.15, 0.2) is 65.6 Å². The highest BCUT2D eigenvalue weighted by Crippen LogP contribution is 2.11. The van der Waals surface area contributed by atoms with Gasteiger partial charge in [-0.05, 0) is 31.5 Å². The highest BCUT2D eigenvalue weighted by atomic mass is 32.2. The Morgan fingerprint density at radius 1 is 1.00 bits per heavy atom. The first kappa shape index (κ1) is 15.5. The van der Waals surface area contributed by atoms with Crippen LogP contribution in [0.1, 0.15) is 18.1 Å². The summed E-state index contributed by atoms with van der Waals surface area (Å²) in [5, 5.41) is 0. The lowest BCUT2D eigenvalue weighted by Gasteiger charge is -2.11. The van der Waals surface area contributed by atoms with E-state index in [9.17, 15) is 8.42 Å². The SMILES string of the molecule is Cc1ccc(S(=O)(=O)NC(C)/C=C/c2ccccc2)cc1. The summed E-state index contributed by atoms with van der Waals surface area (Å²) in [7, 11) is -3.48. The van der Waals surface area contributed by atoms with Crippen LogP contribution < -0.4 is 4.72 Å². The minimum absolute atomic E-state index is 0.281. The van der Waals surface area contributed by atoms with Crippen LogP contribution in [0.4, 0.5) is 0 Å². The highest BCUT2D eigenvalue weighted by molar-refractivity contribution is 7.89. The standard InChI is InChI=1S/C17H19NO2S/c1-14-8-12-17(13-9-14)21(19,20)18-15(2)10-11-16-6-4-3-5-7-16/h3-13,15,18H,1-2H3/b11-10+. The summed E-state index contributed by atoms with van der Waals surface area (Å²) in [4.78, 5) is 0.285. The molecular formula is C17H19NO2S. The molecule has 110 valence electrons. The van der Waals surface area contributed by atoms with Gasteiger partial charge in [-0.3, -0.25) is 0 Å². The van der Waals surface area contributed by atoms with E-state index in [1.165, 1.54) is 0 Å². The lowest BCUT2D eigenvalue weighted by Crippen LogP contribution is -2.31. The molecule has 4 heteroatoms. The Balaban J connectivity index is 2.06. The molecule has 0 bridgehead atoms. The Labute approximate surface area is 126 Å². The summed E-state index contributed by atoms with van der Waals surface area (Å²) in [5.41, 5.74) is 2.07. The van der Waals surface area contributed by atoms with E-state index in [0.29, 0.717) is 0 Å². The van der Waals surface area contributed by atoms with Gasteiger partial charge in [0.05, 0.1) is 4.90 Å². The van der Waals surface area contributed by atoms with Gasteiger partial charge in [0.25, 0.3) is 0 Å². The van der Waals surface area contributed by atoms with E-state index < -0.39 is 10.0 Å². The summed E-state index contributed by atoms with van der Waals surface area (Å²) >= 11 is 0. The molecule has 0 amide bonds. The summed E-state index contributed by atoms with van der Waals surface area (Å²) in [5.74, 6) is 0. The first-order valence-corrected chi connectivity index (χ1v) is 8.28. The molecule has 1 atom stereocenters. The van der Waals surface area contributed by atoms with Gasteiger partial charge < -0.3 is 0 Å². The van der Waals surface area contributed by atoms with Gasteiger partial charge in [-0.2, -0.15) is 0 Å². The number of hydrogen-bond donors (Lipinski definition) is 1. The zero-order valence-corrected chi connectivity index (χ0v) is 13.0. The molecule has 0 aliphatic rings. The molecule has 1 N–H and O–H groups in total. The van der Waals surface area contributed by atoms with Crippen molar-refractivity contribution in [2.45, 2.75) is 24.8 Å². The van der Waals surface area contributed by atoms with Crippen LogP contribution in [0.5, 0.6) is 0 Å². The van der Waals surface area contributed by atoms with Crippen LogP contribution in [0.2, 0.25) is 0 Å². The van der Waals surface area contributed by atoms with Gasteiger partial charge in [0.15, 0.2) is 0 Å². The number of nitrogens with one attached hydrogen (secondary N) is 1. The minimum Gasteiger partial charge on any atom is -0.207 e. The summed E-state index contributed by atoms with van der Waals surface area (Å²) < 4.78 is 27.1. The summed E-state index contributed by atoms with van der Waals surface area (Å²) in [6, 6.07) is 16.3. The lowest BCUT2D eigenvalue weighted by molar-refractivity contribution is 0.576. The van der Waals surface area contributed by atoms with Gasteiger partial charge in [-0.25, -0.2) is 13.1 Å². The smallest absolute Gasteiger partial charge is 0.207 e. The molecule has 0 aliphatic heterocycles. The number of aryl methyl sites for hydroxylation is 1. The van der Waals surface area contributed by atoms with Crippen LogP contribution in [0, 0.1) is 6.92 Å². The Morgan fingerprint density at radius 2 is 1.62 bits per heavy atom. The van der Waals surface area contributed by atoms with Crippen LogP contribution in [0.3, 0.4) is 0 Å². The molecule has 0 heterocycles. The second kappa shape index (κ2) is 6.70. The van der Waals surface area contributed by atoms with Crippen molar-refractivity contribution in [2.75, 3.05) is 0 Å². The number of rotatable bonds is 5. The van der Waals surface area contributed by atoms with Gasteiger partial charge in [0.1, 0.15) is 0 Å². The van der Waals surface area contributed by atoms with Gasteiger partial charge in [-0.1, -0.05) is 60.2 Å². The molecule has 0 spiro atoms. The molecular weight excluding hydrogens is 282 g/mol. The Bertz CT molecular complexity index is 704. The fraction of sp³-hybridized carbons (Fsp3) is 0.176. The van der Waals surface area contributed by atoms with Crippen LogP contribution in [0.25, 0.3) is 6.08 Å². The fourth-order valence-corrected chi connectivity index (χ4v) is 3.09. The van der Waals surface area contributed by atoms with Crippen LogP contribution >= 0.6 is 0 Å².